The van der Waals surface area contributed by atoms with Crippen LogP contribution in [0.15, 0.2) is 6.20 Å². The topological polar surface area (TPSA) is 90.5 Å². The van der Waals surface area contributed by atoms with Gasteiger partial charge < -0.3 is 9.64 Å². The quantitative estimate of drug-likeness (QED) is 0.619. The van der Waals surface area contributed by atoms with Gasteiger partial charge in [-0.05, 0) is 27.7 Å². The number of nitro groups is 1. The zero-order valence-electron chi connectivity index (χ0n) is 12.6. The zero-order chi connectivity index (χ0) is 15.7. The molecule has 3 atom stereocenters. The fourth-order valence-electron chi connectivity index (χ4n) is 2.58. The molecule has 0 aromatic carbocycles. The van der Waals surface area contributed by atoms with Crippen molar-refractivity contribution < 1.29 is 14.5 Å². The van der Waals surface area contributed by atoms with Crippen molar-refractivity contribution in [2.24, 2.45) is 0 Å². The molecule has 8 heteroatoms. The van der Waals surface area contributed by atoms with E-state index in [2.05, 4.69) is 5.10 Å². The van der Waals surface area contributed by atoms with Gasteiger partial charge in [-0.2, -0.15) is 5.10 Å². The largest absolute Gasteiger partial charge is 0.372 e. The van der Waals surface area contributed by atoms with Crippen LogP contribution in [0.4, 0.5) is 5.69 Å². The number of hydrogen-bond acceptors (Lipinski definition) is 5. The molecule has 1 aliphatic heterocycles. The van der Waals surface area contributed by atoms with Gasteiger partial charge in [-0.1, -0.05) is 0 Å². The third kappa shape index (κ3) is 3.21. The van der Waals surface area contributed by atoms with Crippen molar-refractivity contribution in [1.82, 2.24) is 14.7 Å². The predicted molar refractivity (Wildman–Crippen MR) is 74.9 cm³/mol. The average Bonchev–Trinajstić information content (AvgIpc) is 2.78. The van der Waals surface area contributed by atoms with Crippen LogP contribution in [-0.2, 0) is 9.53 Å². The van der Waals surface area contributed by atoms with Crippen LogP contribution < -0.4 is 0 Å². The fraction of sp³-hybridized carbons (Fsp3) is 0.692. The summed E-state index contributed by atoms with van der Waals surface area (Å²) in [5, 5.41) is 14.9. The highest BCUT2D eigenvalue weighted by molar-refractivity contribution is 5.80. The Kier molecular flexibility index (Phi) is 4.26. The van der Waals surface area contributed by atoms with E-state index in [9.17, 15) is 14.9 Å². The molecule has 1 aliphatic rings. The number of hydrogen-bond donors (Lipinski definition) is 0. The predicted octanol–water partition coefficient (Wildman–Crippen LogP) is 1.30. The molecule has 21 heavy (non-hydrogen) atoms. The summed E-state index contributed by atoms with van der Waals surface area (Å²) >= 11 is 0. The highest BCUT2D eigenvalue weighted by Crippen LogP contribution is 2.21. The first kappa shape index (κ1) is 15.4. The van der Waals surface area contributed by atoms with Gasteiger partial charge in [0.05, 0.1) is 17.1 Å². The maximum atomic E-state index is 12.5. The van der Waals surface area contributed by atoms with Crippen molar-refractivity contribution in [3.8, 4) is 0 Å². The van der Waals surface area contributed by atoms with Gasteiger partial charge in [0.2, 0.25) is 5.91 Å². The normalized spacial score (nSPS) is 23.9. The van der Waals surface area contributed by atoms with Crippen LogP contribution in [0.1, 0.15) is 32.5 Å². The van der Waals surface area contributed by atoms with Crippen LogP contribution in [0.2, 0.25) is 0 Å². The van der Waals surface area contributed by atoms with Crippen LogP contribution in [0, 0.1) is 17.0 Å². The molecule has 0 aliphatic carbocycles. The number of rotatable bonds is 3. The van der Waals surface area contributed by atoms with Gasteiger partial charge in [-0.15, -0.1) is 0 Å². The average molecular weight is 296 g/mol. The first-order chi connectivity index (χ1) is 9.79. The lowest BCUT2D eigenvalue weighted by molar-refractivity contribution is -0.385. The molecule has 0 saturated carbocycles. The van der Waals surface area contributed by atoms with Gasteiger partial charge in [-0.25, -0.2) is 0 Å². The van der Waals surface area contributed by atoms with Crippen molar-refractivity contribution in [3.05, 3.63) is 22.0 Å². The molecular weight excluding hydrogens is 276 g/mol. The molecular formula is C13H20N4O4. The molecule has 1 saturated heterocycles. The van der Waals surface area contributed by atoms with Crippen molar-refractivity contribution in [1.29, 1.82) is 0 Å². The second-order valence-electron chi connectivity index (χ2n) is 5.51. The summed E-state index contributed by atoms with van der Waals surface area (Å²) in [6.45, 7) is 8.15. The maximum Gasteiger partial charge on any atom is 0.309 e. The van der Waals surface area contributed by atoms with E-state index in [0.29, 0.717) is 18.8 Å². The molecule has 0 unspecified atom stereocenters. The van der Waals surface area contributed by atoms with Gasteiger partial charge in [0.25, 0.3) is 0 Å². The first-order valence-corrected chi connectivity index (χ1v) is 6.94. The van der Waals surface area contributed by atoms with Crippen LogP contribution in [-0.4, -0.2) is 50.8 Å². The maximum absolute atomic E-state index is 12.5. The van der Waals surface area contributed by atoms with E-state index < -0.39 is 11.0 Å². The Bertz CT molecular complexity index is 546. The number of carbonyl (C=O) groups is 1. The van der Waals surface area contributed by atoms with E-state index in [1.54, 1.807) is 18.7 Å². The van der Waals surface area contributed by atoms with E-state index >= 15 is 0 Å². The van der Waals surface area contributed by atoms with Crippen LogP contribution in [0.3, 0.4) is 0 Å². The Morgan fingerprint density at radius 1 is 1.48 bits per heavy atom. The molecule has 0 N–H and O–H groups in total. The van der Waals surface area contributed by atoms with Gasteiger partial charge in [0.15, 0.2) is 0 Å². The van der Waals surface area contributed by atoms with Gasteiger partial charge in [-0.3, -0.25) is 19.6 Å². The second-order valence-corrected chi connectivity index (χ2v) is 5.51. The lowest BCUT2D eigenvalue weighted by Crippen LogP contribution is -2.50. The molecule has 0 spiro atoms. The number of aromatic nitrogens is 2. The summed E-state index contributed by atoms with van der Waals surface area (Å²) in [4.78, 5) is 24.6. The minimum absolute atomic E-state index is 0.0152. The second kappa shape index (κ2) is 5.80. The Balaban J connectivity index is 2.15. The Morgan fingerprint density at radius 2 is 2.05 bits per heavy atom. The minimum atomic E-state index is -0.574. The van der Waals surface area contributed by atoms with Crippen LogP contribution >= 0.6 is 0 Å². The monoisotopic (exact) mass is 296 g/mol. The third-order valence-corrected chi connectivity index (χ3v) is 3.57. The van der Waals surface area contributed by atoms with Crippen molar-refractivity contribution in [2.45, 2.75) is 45.9 Å². The summed E-state index contributed by atoms with van der Waals surface area (Å²) in [5.74, 6) is -0.102. The molecule has 1 fully saturated rings. The molecule has 1 aromatic heterocycles. The van der Waals surface area contributed by atoms with Crippen molar-refractivity contribution >= 4 is 11.6 Å². The smallest absolute Gasteiger partial charge is 0.309 e. The number of ether oxygens (including phenoxy) is 1. The van der Waals surface area contributed by atoms with E-state index in [0.717, 1.165) is 0 Å². The molecule has 8 nitrogen and oxygen atoms in total. The van der Waals surface area contributed by atoms with Crippen LogP contribution in [0.5, 0.6) is 0 Å². The lowest BCUT2D eigenvalue weighted by Gasteiger charge is -2.36. The summed E-state index contributed by atoms with van der Waals surface area (Å²) in [7, 11) is 0. The van der Waals surface area contributed by atoms with E-state index in [-0.39, 0.29) is 23.8 Å². The highest BCUT2D eigenvalue weighted by Gasteiger charge is 2.30. The minimum Gasteiger partial charge on any atom is -0.372 e. The summed E-state index contributed by atoms with van der Waals surface area (Å²) in [5.41, 5.74) is 0.238. The number of amides is 1. The molecule has 0 bridgehead atoms. The van der Waals surface area contributed by atoms with Crippen molar-refractivity contribution in [2.75, 3.05) is 13.1 Å². The molecule has 116 valence electrons. The summed E-state index contributed by atoms with van der Waals surface area (Å²) in [6.07, 6.45) is 1.28. The number of morpholine rings is 1. The van der Waals surface area contributed by atoms with Gasteiger partial charge >= 0.3 is 5.69 Å². The van der Waals surface area contributed by atoms with Crippen LogP contribution in [0.25, 0.3) is 0 Å². The SMILES string of the molecule is Cc1nn([C@H](C)C(=O)N2C[C@@H](C)O[C@H](C)C2)cc1[N+](=O)[O-]. The van der Waals surface area contributed by atoms with Gasteiger partial charge in [0.1, 0.15) is 17.9 Å². The highest BCUT2D eigenvalue weighted by atomic mass is 16.6. The van der Waals surface area contributed by atoms with E-state index in [1.807, 2.05) is 13.8 Å². The number of carbonyl (C=O) groups excluding carboxylic acids is 1. The van der Waals surface area contributed by atoms with Crippen molar-refractivity contribution in [3.63, 3.8) is 0 Å². The Morgan fingerprint density at radius 3 is 2.52 bits per heavy atom. The molecule has 0 radical (unpaired) electrons. The zero-order valence-corrected chi connectivity index (χ0v) is 12.6. The molecule has 2 heterocycles. The lowest BCUT2D eigenvalue weighted by atomic mass is 10.2. The first-order valence-electron chi connectivity index (χ1n) is 6.94. The third-order valence-electron chi connectivity index (χ3n) is 3.57. The Hall–Kier alpha value is -1.96. The number of nitrogens with zero attached hydrogens (tertiary/aromatic N) is 4. The molecule has 1 amide bonds. The summed E-state index contributed by atoms with van der Waals surface area (Å²) in [6, 6.07) is -0.574. The number of aryl methyl sites for hydroxylation is 1. The molecule has 2 rings (SSSR count). The Labute approximate surface area is 122 Å². The molecule has 1 aromatic rings. The summed E-state index contributed by atoms with van der Waals surface area (Å²) < 4.78 is 6.96. The van der Waals surface area contributed by atoms with E-state index in [1.165, 1.54) is 10.9 Å². The van der Waals surface area contributed by atoms with Gasteiger partial charge in [0, 0.05) is 13.1 Å². The van der Waals surface area contributed by atoms with E-state index in [4.69, 9.17) is 4.74 Å². The fourth-order valence-corrected chi connectivity index (χ4v) is 2.58. The standard InChI is InChI=1S/C13H20N4O4/c1-8-5-15(6-9(2)21-8)13(18)11(4)16-7-12(17(19)20)10(3)14-16/h7-9,11H,5-6H2,1-4H3/t8-,9-,11-/m1/s1.